The fourth-order valence-electron chi connectivity index (χ4n) is 3.62. The zero-order chi connectivity index (χ0) is 27.8. The van der Waals surface area contributed by atoms with Crippen LogP contribution in [0.5, 0.6) is 28.7 Å². The number of ether oxygens (including phenoxy) is 4. The normalized spacial score (nSPS) is 11.6. The quantitative estimate of drug-likeness (QED) is 0.260. The lowest BCUT2D eigenvalue weighted by Gasteiger charge is -2.25. The molecule has 0 aliphatic rings. The van der Waals surface area contributed by atoms with Gasteiger partial charge in [-0.25, -0.2) is 9.49 Å². The van der Waals surface area contributed by atoms with Gasteiger partial charge in [-0.1, -0.05) is 23.7 Å². The number of hydrogen-bond donors (Lipinski definition) is 2. The number of amides is 1. The Morgan fingerprint density at radius 2 is 1.77 bits per heavy atom. The van der Waals surface area contributed by atoms with Crippen LogP contribution in [0.2, 0.25) is 5.02 Å². The van der Waals surface area contributed by atoms with Crippen molar-refractivity contribution in [3.8, 4) is 28.7 Å². The van der Waals surface area contributed by atoms with E-state index in [1.54, 1.807) is 54.4 Å². The summed E-state index contributed by atoms with van der Waals surface area (Å²) >= 11 is 6.18. The fourth-order valence-corrected chi connectivity index (χ4v) is 3.81. The lowest BCUT2D eigenvalue weighted by molar-refractivity contribution is -0.117. The highest BCUT2D eigenvalue weighted by Crippen LogP contribution is 2.33. The van der Waals surface area contributed by atoms with Crippen LogP contribution in [0.4, 0.5) is 10.1 Å². The standard InChI is InChI=1S/C26H26ClFN6O5/c1-34(22(26-30-32-33-31-26)15-38-23-7-5-4-6-20(23)27)14-25(35)29-16-8-9-24(21(28)10-16)39-19-12-17(36-2)11-18(13-19)37-3/h4-13,22H,14-15H2,1-3H3,(H,29,35)(H,30,31,32,33). The van der Waals surface area contributed by atoms with Crippen molar-refractivity contribution in [2.24, 2.45) is 0 Å². The molecule has 39 heavy (non-hydrogen) atoms. The van der Waals surface area contributed by atoms with Crippen molar-refractivity contribution in [1.29, 1.82) is 0 Å². The molecule has 13 heteroatoms. The van der Waals surface area contributed by atoms with Gasteiger partial charge in [-0.3, -0.25) is 9.69 Å². The van der Waals surface area contributed by atoms with Crippen molar-refractivity contribution in [3.63, 3.8) is 0 Å². The summed E-state index contributed by atoms with van der Waals surface area (Å²) in [6.07, 6.45) is 0. The van der Waals surface area contributed by atoms with Crippen LogP contribution in [0.3, 0.4) is 0 Å². The third-order valence-electron chi connectivity index (χ3n) is 5.60. The van der Waals surface area contributed by atoms with Crippen molar-refractivity contribution >= 4 is 23.2 Å². The molecule has 0 saturated carbocycles. The Morgan fingerprint density at radius 1 is 1.05 bits per heavy atom. The molecular weight excluding hydrogens is 531 g/mol. The second kappa shape index (κ2) is 12.9. The molecule has 0 fully saturated rings. The number of halogens is 2. The largest absolute Gasteiger partial charge is 0.496 e. The average molecular weight is 557 g/mol. The van der Waals surface area contributed by atoms with Gasteiger partial charge in [-0.2, -0.15) is 0 Å². The molecule has 0 aliphatic heterocycles. The number of anilines is 1. The highest BCUT2D eigenvalue weighted by molar-refractivity contribution is 6.32. The van der Waals surface area contributed by atoms with E-state index in [1.165, 1.54) is 32.4 Å². The number of carbonyl (C=O) groups excluding carboxylic acids is 1. The van der Waals surface area contributed by atoms with Crippen LogP contribution in [0.1, 0.15) is 11.9 Å². The van der Waals surface area contributed by atoms with Crippen LogP contribution in [0.25, 0.3) is 0 Å². The molecule has 4 aromatic rings. The van der Waals surface area contributed by atoms with Crippen molar-refractivity contribution < 1.29 is 28.1 Å². The van der Waals surface area contributed by atoms with E-state index in [-0.39, 0.29) is 24.6 Å². The zero-order valence-electron chi connectivity index (χ0n) is 21.4. The molecule has 4 rings (SSSR count). The minimum atomic E-state index is -0.665. The minimum absolute atomic E-state index is 0.0324. The van der Waals surface area contributed by atoms with Crippen LogP contribution in [0, 0.1) is 5.82 Å². The van der Waals surface area contributed by atoms with Gasteiger partial charge in [0.1, 0.15) is 35.6 Å². The number of carbonyl (C=O) groups is 1. The molecule has 1 unspecified atom stereocenters. The highest BCUT2D eigenvalue weighted by atomic mass is 35.5. The van der Waals surface area contributed by atoms with E-state index < -0.39 is 17.8 Å². The number of methoxy groups -OCH3 is 2. The lowest BCUT2D eigenvalue weighted by Crippen LogP contribution is -2.36. The Hall–Kier alpha value is -4.42. The lowest BCUT2D eigenvalue weighted by atomic mass is 10.2. The summed E-state index contributed by atoms with van der Waals surface area (Å²) in [5.74, 6) is 1.12. The third-order valence-corrected chi connectivity index (χ3v) is 5.92. The number of hydrogen-bond acceptors (Lipinski definition) is 9. The Balaban J connectivity index is 1.39. The van der Waals surface area contributed by atoms with Crippen molar-refractivity contribution in [2.45, 2.75) is 6.04 Å². The summed E-state index contributed by atoms with van der Waals surface area (Å²) in [4.78, 5) is 14.5. The molecule has 0 saturated heterocycles. The van der Waals surface area contributed by atoms with Crippen molar-refractivity contribution in [3.05, 3.63) is 77.3 Å². The first-order chi connectivity index (χ1) is 18.9. The summed E-state index contributed by atoms with van der Waals surface area (Å²) in [6, 6.07) is 15.5. The fraction of sp³-hybridized carbons (Fsp3) is 0.231. The molecule has 11 nitrogen and oxygen atoms in total. The van der Waals surface area contributed by atoms with Gasteiger partial charge in [0.15, 0.2) is 17.4 Å². The van der Waals surface area contributed by atoms with Gasteiger partial charge in [0, 0.05) is 30.0 Å². The molecule has 0 aliphatic carbocycles. The first-order valence-electron chi connectivity index (χ1n) is 11.7. The van der Waals surface area contributed by atoms with E-state index in [0.717, 1.165) is 0 Å². The van der Waals surface area contributed by atoms with Crippen molar-refractivity contribution in [1.82, 2.24) is 25.5 Å². The monoisotopic (exact) mass is 556 g/mol. The minimum Gasteiger partial charge on any atom is -0.496 e. The van der Waals surface area contributed by atoms with Crippen LogP contribution >= 0.6 is 11.6 Å². The summed E-state index contributed by atoms with van der Waals surface area (Å²) in [7, 11) is 4.72. The maximum Gasteiger partial charge on any atom is 0.238 e. The number of nitrogens with one attached hydrogen (secondary N) is 2. The number of aromatic nitrogens is 4. The van der Waals surface area contributed by atoms with E-state index in [0.29, 0.717) is 33.8 Å². The number of likely N-dealkylation sites (N-methyl/N-ethyl adjacent to an activating group) is 1. The van der Waals surface area contributed by atoms with E-state index in [1.807, 2.05) is 0 Å². The smallest absolute Gasteiger partial charge is 0.238 e. The SMILES string of the molecule is COc1cc(OC)cc(Oc2ccc(NC(=O)CN(C)C(COc3ccccc3Cl)c3nnn[nH]3)cc2F)c1. The van der Waals surface area contributed by atoms with Crippen LogP contribution in [-0.4, -0.2) is 65.9 Å². The van der Waals surface area contributed by atoms with Crippen LogP contribution in [0.15, 0.2) is 60.7 Å². The second-order valence-electron chi connectivity index (χ2n) is 8.30. The van der Waals surface area contributed by atoms with Crippen LogP contribution < -0.4 is 24.3 Å². The zero-order valence-corrected chi connectivity index (χ0v) is 22.1. The van der Waals surface area contributed by atoms with Gasteiger partial charge in [-0.15, -0.1) is 5.10 Å². The molecule has 1 heterocycles. The molecule has 1 amide bonds. The summed E-state index contributed by atoms with van der Waals surface area (Å²) in [5, 5.41) is 17.0. The van der Waals surface area contributed by atoms with E-state index >= 15 is 0 Å². The van der Waals surface area contributed by atoms with Gasteiger partial charge in [-0.05, 0) is 41.7 Å². The number of rotatable bonds is 12. The molecule has 1 aromatic heterocycles. The number of tetrazole rings is 1. The Morgan fingerprint density at radius 3 is 2.41 bits per heavy atom. The Labute approximate surface area is 228 Å². The molecule has 0 bridgehead atoms. The molecular formula is C26H26ClFN6O5. The number of H-pyrrole nitrogens is 1. The topological polar surface area (TPSA) is 124 Å². The molecule has 3 aromatic carbocycles. The number of para-hydroxylation sites is 1. The number of benzene rings is 3. The van der Waals surface area contributed by atoms with E-state index in [9.17, 15) is 9.18 Å². The Kier molecular flexibility index (Phi) is 9.13. The van der Waals surface area contributed by atoms with Gasteiger partial charge >= 0.3 is 0 Å². The second-order valence-corrected chi connectivity index (χ2v) is 8.71. The third kappa shape index (κ3) is 7.33. The molecule has 1 atom stereocenters. The summed E-state index contributed by atoms with van der Waals surface area (Å²) < 4.78 is 36.8. The maximum absolute atomic E-state index is 14.8. The van der Waals surface area contributed by atoms with Crippen LogP contribution in [-0.2, 0) is 4.79 Å². The van der Waals surface area contributed by atoms with Crippen molar-refractivity contribution in [2.75, 3.05) is 39.7 Å². The molecule has 2 N–H and O–H groups in total. The summed E-state index contributed by atoms with van der Waals surface area (Å²) in [6.45, 7) is 0.0425. The first-order valence-corrected chi connectivity index (χ1v) is 12.1. The first kappa shape index (κ1) is 27.6. The predicted octanol–water partition coefficient (Wildman–Crippen LogP) is 4.49. The van der Waals surface area contributed by atoms with E-state index in [4.69, 9.17) is 30.5 Å². The van der Waals surface area contributed by atoms with Gasteiger partial charge in [0.05, 0.1) is 25.8 Å². The highest BCUT2D eigenvalue weighted by Gasteiger charge is 2.24. The van der Waals surface area contributed by atoms with Gasteiger partial charge in [0.25, 0.3) is 0 Å². The Bertz CT molecular complexity index is 1390. The molecule has 0 spiro atoms. The average Bonchev–Trinajstić information content (AvgIpc) is 3.45. The van der Waals surface area contributed by atoms with Gasteiger partial charge < -0.3 is 24.3 Å². The number of nitrogens with zero attached hydrogens (tertiary/aromatic N) is 4. The maximum atomic E-state index is 14.8. The van der Waals surface area contributed by atoms with E-state index in [2.05, 4.69) is 25.9 Å². The molecule has 0 radical (unpaired) electrons. The summed E-state index contributed by atoms with van der Waals surface area (Å²) in [5.41, 5.74) is 0.256. The number of aromatic amines is 1. The van der Waals surface area contributed by atoms with Gasteiger partial charge in [0.2, 0.25) is 5.91 Å². The predicted molar refractivity (Wildman–Crippen MR) is 141 cm³/mol. The molecule has 204 valence electrons.